The van der Waals surface area contributed by atoms with Crippen molar-refractivity contribution in [3.05, 3.63) is 158 Å². The van der Waals surface area contributed by atoms with Gasteiger partial charge in [-0.1, -0.05) is 91.0 Å². The SMILES string of the molecule is c1ccc(-c2cccc(N(c3ccc4c(c3)oc3ccccc34)c3ccc4ccc5nc(-c6ccccc6)oc5c4c3)c2)cc1. The monoisotopic (exact) mass is 578 g/mol. The van der Waals surface area contributed by atoms with Crippen LogP contribution in [0.3, 0.4) is 0 Å². The molecule has 0 saturated carbocycles. The second kappa shape index (κ2) is 10.2. The highest BCUT2D eigenvalue weighted by Gasteiger charge is 2.18. The lowest BCUT2D eigenvalue weighted by molar-refractivity contribution is 0.623. The van der Waals surface area contributed by atoms with Crippen molar-refractivity contribution in [1.82, 2.24) is 4.98 Å². The van der Waals surface area contributed by atoms with E-state index in [4.69, 9.17) is 13.8 Å². The molecule has 0 bridgehead atoms. The van der Waals surface area contributed by atoms with Crippen LogP contribution in [0.25, 0.3) is 66.4 Å². The topological polar surface area (TPSA) is 42.4 Å². The highest BCUT2D eigenvalue weighted by molar-refractivity contribution is 6.07. The van der Waals surface area contributed by atoms with E-state index in [1.807, 2.05) is 54.6 Å². The minimum atomic E-state index is 0.617. The summed E-state index contributed by atoms with van der Waals surface area (Å²) in [6.45, 7) is 0. The summed E-state index contributed by atoms with van der Waals surface area (Å²) in [7, 11) is 0. The minimum Gasteiger partial charge on any atom is -0.456 e. The number of oxazole rings is 1. The molecule has 0 aliphatic rings. The van der Waals surface area contributed by atoms with Crippen molar-refractivity contribution >= 4 is 60.9 Å². The standard InChI is InChI=1S/C41H26N2O2/c1-3-10-27(11-4-1)30-14-9-15-31(24-30)43(33-21-22-35-34-16-7-8-17-38(34)44-39(35)26-33)32-20-18-28-19-23-37-40(36(28)25-32)45-41(42-37)29-12-5-2-6-13-29/h1-26H. The maximum atomic E-state index is 6.44. The molecule has 2 aromatic heterocycles. The molecular weight excluding hydrogens is 552 g/mol. The molecule has 4 nitrogen and oxygen atoms in total. The molecule has 212 valence electrons. The Morgan fingerprint density at radius 2 is 1.09 bits per heavy atom. The van der Waals surface area contributed by atoms with E-state index < -0.39 is 0 Å². The molecular formula is C41H26N2O2. The van der Waals surface area contributed by atoms with Gasteiger partial charge in [0.2, 0.25) is 5.89 Å². The van der Waals surface area contributed by atoms with E-state index in [1.165, 1.54) is 5.56 Å². The van der Waals surface area contributed by atoms with Crippen molar-refractivity contribution in [3.8, 4) is 22.6 Å². The fourth-order valence-corrected chi connectivity index (χ4v) is 6.29. The number of hydrogen-bond donors (Lipinski definition) is 0. The van der Waals surface area contributed by atoms with Crippen LogP contribution in [0.1, 0.15) is 0 Å². The van der Waals surface area contributed by atoms with Gasteiger partial charge in [0.1, 0.15) is 16.7 Å². The van der Waals surface area contributed by atoms with Gasteiger partial charge >= 0.3 is 0 Å². The summed E-state index contributed by atoms with van der Waals surface area (Å²) in [4.78, 5) is 7.11. The minimum absolute atomic E-state index is 0.617. The number of aromatic nitrogens is 1. The van der Waals surface area contributed by atoms with Crippen LogP contribution in [-0.4, -0.2) is 4.98 Å². The molecule has 45 heavy (non-hydrogen) atoms. The van der Waals surface area contributed by atoms with Crippen molar-refractivity contribution in [2.24, 2.45) is 0 Å². The van der Waals surface area contributed by atoms with Crippen LogP contribution in [0, 0.1) is 0 Å². The molecule has 2 heterocycles. The lowest BCUT2D eigenvalue weighted by atomic mass is 10.0. The number of rotatable bonds is 5. The maximum absolute atomic E-state index is 6.44. The Balaban J connectivity index is 1.25. The molecule has 0 atom stereocenters. The number of furan rings is 1. The Morgan fingerprint density at radius 3 is 1.96 bits per heavy atom. The molecule has 9 aromatic rings. The van der Waals surface area contributed by atoms with Crippen LogP contribution in [-0.2, 0) is 0 Å². The summed E-state index contributed by atoms with van der Waals surface area (Å²) >= 11 is 0. The molecule has 0 unspecified atom stereocenters. The Kier molecular flexibility index (Phi) is 5.78. The summed E-state index contributed by atoms with van der Waals surface area (Å²) in [6.07, 6.45) is 0. The van der Waals surface area contributed by atoms with E-state index >= 15 is 0 Å². The van der Waals surface area contributed by atoms with E-state index in [9.17, 15) is 0 Å². The largest absolute Gasteiger partial charge is 0.456 e. The molecule has 0 N–H and O–H groups in total. The number of anilines is 3. The van der Waals surface area contributed by atoms with Gasteiger partial charge in [0.05, 0.1) is 0 Å². The smallest absolute Gasteiger partial charge is 0.227 e. The first-order valence-corrected chi connectivity index (χ1v) is 15.0. The van der Waals surface area contributed by atoms with Crippen LogP contribution in [0.5, 0.6) is 0 Å². The van der Waals surface area contributed by atoms with Crippen LogP contribution >= 0.6 is 0 Å². The van der Waals surface area contributed by atoms with Gasteiger partial charge in [-0.15, -0.1) is 0 Å². The predicted molar refractivity (Wildman–Crippen MR) is 184 cm³/mol. The third-order valence-corrected chi connectivity index (χ3v) is 8.47. The van der Waals surface area contributed by atoms with Gasteiger partial charge in [-0.2, -0.15) is 0 Å². The predicted octanol–water partition coefficient (Wildman–Crippen LogP) is 11.7. The highest BCUT2D eigenvalue weighted by atomic mass is 16.3. The van der Waals surface area contributed by atoms with Gasteiger partial charge in [0.15, 0.2) is 5.58 Å². The Morgan fingerprint density at radius 1 is 0.422 bits per heavy atom. The van der Waals surface area contributed by atoms with Gasteiger partial charge in [-0.25, -0.2) is 4.98 Å². The number of nitrogens with zero attached hydrogens (tertiary/aromatic N) is 2. The number of hydrogen-bond acceptors (Lipinski definition) is 4. The first-order chi connectivity index (χ1) is 22.3. The Bertz CT molecular complexity index is 2490. The van der Waals surface area contributed by atoms with E-state index in [1.54, 1.807) is 0 Å². The molecule has 0 amide bonds. The van der Waals surface area contributed by atoms with Crippen molar-refractivity contribution < 1.29 is 8.83 Å². The van der Waals surface area contributed by atoms with E-state index in [2.05, 4.69) is 108 Å². The average Bonchev–Trinajstić information content (AvgIpc) is 3.71. The molecule has 9 rings (SSSR count). The first-order valence-electron chi connectivity index (χ1n) is 15.0. The van der Waals surface area contributed by atoms with Crippen LogP contribution < -0.4 is 4.90 Å². The highest BCUT2D eigenvalue weighted by Crippen LogP contribution is 2.41. The summed E-state index contributed by atoms with van der Waals surface area (Å²) in [6, 6.07) is 54.5. The van der Waals surface area contributed by atoms with Gasteiger partial charge in [-0.05, 0) is 77.2 Å². The molecule has 0 fully saturated rings. The number of para-hydroxylation sites is 1. The third kappa shape index (κ3) is 4.35. The van der Waals surface area contributed by atoms with E-state index in [0.717, 1.165) is 72.0 Å². The molecule has 0 saturated heterocycles. The molecule has 7 aromatic carbocycles. The molecule has 0 aliphatic heterocycles. The van der Waals surface area contributed by atoms with E-state index in [0.29, 0.717) is 5.89 Å². The average molecular weight is 579 g/mol. The molecule has 4 heteroatoms. The molecule has 0 spiro atoms. The van der Waals surface area contributed by atoms with Crippen molar-refractivity contribution in [2.75, 3.05) is 4.90 Å². The zero-order valence-electron chi connectivity index (χ0n) is 24.2. The number of fused-ring (bicyclic) bond motifs is 6. The van der Waals surface area contributed by atoms with Gasteiger partial charge in [0.25, 0.3) is 0 Å². The van der Waals surface area contributed by atoms with Crippen LogP contribution in [0.2, 0.25) is 0 Å². The fraction of sp³-hybridized carbons (Fsp3) is 0. The zero-order valence-corrected chi connectivity index (χ0v) is 24.2. The maximum Gasteiger partial charge on any atom is 0.227 e. The Hall–Kier alpha value is -6.13. The van der Waals surface area contributed by atoms with E-state index in [-0.39, 0.29) is 0 Å². The zero-order chi connectivity index (χ0) is 29.7. The summed E-state index contributed by atoms with van der Waals surface area (Å²) in [5.74, 6) is 0.617. The van der Waals surface area contributed by atoms with Crippen LogP contribution in [0.15, 0.2) is 167 Å². The Labute approximate surface area is 259 Å². The quantitative estimate of drug-likeness (QED) is 0.204. The summed E-state index contributed by atoms with van der Waals surface area (Å²) in [5.41, 5.74) is 9.67. The van der Waals surface area contributed by atoms with Crippen molar-refractivity contribution in [3.63, 3.8) is 0 Å². The summed E-state index contributed by atoms with van der Waals surface area (Å²) < 4.78 is 12.8. The second-order valence-corrected chi connectivity index (χ2v) is 11.2. The summed E-state index contributed by atoms with van der Waals surface area (Å²) in [5, 5.41) is 4.31. The fourth-order valence-electron chi connectivity index (χ4n) is 6.29. The van der Waals surface area contributed by atoms with Gasteiger partial charge in [0, 0.05) is 44.9 Å². The normalized spacial score (nSPS) is 11.6. The van der Waals surface area contributed by atoms with Crippen molar-refractivity contribution in [1.29, 1.82) is 0 Å². The van der Waals surface area contributed by atoms with Gasteiger partial charge < -0.3 is 13.7 Å². The lowest BCUT2D eigenvalue weighted by Crippen LogP contribution is -2.10. The van der Waals surface area contributed by atoms with Gasteiger partial charge in [-0.3, -0.25) is 0 Å². The van der Waals surface area contributed by atoms with Crippen molar-refractivity contribution in [2.45, 2.75) is 0 Å². The third-order valence-electron chi connectivity index (χ3n) is 8.47. The first kappa shape index (κ1) is 25.4. The molecule has 0 radical (unpaired) electrons. The lowest BCUT2D eigenvalue weighted by Gasteiger charge is -2.26. The molecule has 0 aliphatic carbocycles. The second-order valence-electron chi connectivity index (χ2n) is 11.2. The van der Waals surface area contributed by atoms with Crippen LogP contribution in [0.4, 0.5) is 17.1 Å². The number of benzene rings is 7.